The van der Waals surface area contributed by atoms with Gasteiger partial charge in [0.1, 0.15) is 5.82 Å². The molecule has 27 heavy (non-hydrogen) atoms. The average molecular weight is 485 g/mol. The first-order valence-electron chi connectivity index (χ1n) is 9.41. The van der Waals surface area contributed by atoms with Crippen LogP contribution in [0.3, 0.4) is 0 Å². The molecule has 0 saturated heterocycles. The van der Waals surface area contributed by atoms with E-state index in [2.05, 4.69) is 44.2 Å². The van der Waals surface area contributed by atoms with Crippen LogP contribution in [-0.4, -0.2) is 41.8 Å². The van der Waals surface area contributed by atoms with E-state index in [0.29, 0.717) is 13.2 Å². The van der Waals surface area contributed by atoms with Crippen LogP contribution >= 0.6 is 24.0 Å². The second kappa shape index (κ2) is 14.4. The molecule has 1 heterocycles. The summed E-state index contributed by atoms with van der Waals surface area (Å²) in [4.78, 5) is 8.86. The first-order valence-corrected chi connectivity index (χ1v) is 9.41. The van der Waals surface area contributed by atoms with Crippen molar-refractivity contribution in [1.82, 2.24) is 20.2 Å². The van der Waals surface area contributed by atoms with Crippen molar-refractivity contribution >= 4 is 29.9 Å². The van der Waals surface area contributed by atoms with Crippen LogP contribution in [-0.2, 0) is 17.9 Å². The quantitative estimate of drug-likeness (QED) is 0.222. The van der Waals surface area contributed by atoms with Gasteiger partial charge in [0, 0.05) is 38.6 Å². The minimum absolute atomic E-state index is 0. The zero-order chi connectivity index (χ0) is 18.5. The highest BCUT2D eigenvalue weighted by Gasteiger charge is 1.99. The Bertz CT molecular complexity index is 645. The molecule has 0 unspecified atom stereocenters. The van der Waals surface area contributed by atoms with E-state index in [4.69, 9.17) is 4.74 Å². The number of aryl methyl sites for hydroxylation is 2. The third-order valence-corrected chi connectivity index (χ3v) is 4.00. The van der Waals surface area contributed by atoms with Gasteiger partial charge in [-0.1, -0.05) is 30.3 Å². The Hall–Kier alpha value is -1.61. The van der Waals surface area contributed by atoms with E-state index in [1.165, 1.54) is 5.56 Å². The minimum Gasteiger partial charge on any atom is -0.375 e. The molecule has 0 radical (unpaired) electrons. The van der Waals surface area contributed by atoms with Gasteiger partial charge in [0.15, 0.2) is 5.96 Å². The maximum absolute atomic E-state index is 5.69. The lowest BCUT2D eigenvalue weighted by Gasteiger charge is -2.11. The highest BCUT2D eigenvalue weighted by atomic mass is 127. The fraction of sp³-hybridized carbons (Fsp3) is 0.500. The summed E-state index contributed by atoms with van der Waals surface area (Å²) < 4.78 is 7.87. The second-order valence-corrected chi connectivity index (χ2v) is 6.10. The monoisotopic (exact) mass is 485 g/mol. The summed E-state index contributed by atoms with van der Waals surface area (Å²) in [5.74, 6) is 1.92. The summed E-state index contributed by atoms with van der Waals surface area (Å²) >= 11 is 0. The Kier molecular flexibility index (Phi) is 12.5. The average Bonchev–Trinajstić information content (AvgIpc) is 3.07. The molecule has 0 atom stereocenters. The number of nitrogens with one attached hydrogen (secondary N) is 2. The lowest BCUT2D eigenvalue weighted by Crippen LogP contribution is -2.39. The summed E-state index contributed by atoms with van der Waals surface area (Å²) in [5.41, 5.74) is 1.20. The normalized spacial score (nSPS) is 11.1. The zero-order valence-corrected chi connectivity index (χ0v) is 18.7. The molecule has 1 aromatic carbocycles. The molecule has 0 saturated carbocycles. The molecule has 6 nitrogen and oxygen atoms in total. The number of unbranched alkanes of at least 4 members (excludes halogenated alkanes) is 1. The zero-order valence-electron chi connectivity index (χ0n) is 16.4. The summed E-state index contributed by atoms with van der Waals surface area (Å²) in [6.45, 7) is 8.81. The molecule has 2 rings (SSSR count). The van der Waals surface area contributed by atoms with Gasteiger partial charge in [0.25, 0.3) is 0 Å². The van der Waals surface area contributed by atoms with Crippen molar-refractivity contribution in [3.63, 3.8) is 0 Å². The highest BCUT2D eigenvalue weighted by molar-refractivity contribution is 14.0. The predicted octanol–water partition coefficient (Wildman–Crippen LogP) is 3.36. The molecule has 0 aliphatic carbocycles. The Morgan fingerprint density at radius 1 is 1.19 bits per heavy atom. The van der Waals surface area contributed by atoms with Gasteiger partial charge in [0.05, 0.1) is 13.2 Å². The third-order valence-electron chi connectivity index (χ3n) is 4.00. The predicted molar refractivity (Wildman–Crippen MR) is 122 cm³/mol. The van der Waals surface area contributed by atoms with Gasteiger partial charge in [-0.25, -0.2) is 4.98 Å². The Morgan fingerprint density at radius 3 is 2.70 bits per heavy atom. The summed E-state index contributed by atoms with van der Waals surface area (Å²) in [6.07, 6.45) is 6.03. The van der Waals surface area contributed by atoms with Gasteiger partial charge in [-0.3, -0.25) is 4.99 Å². The van der Waals surface area contributed by atoms with Crippen LogP contribution in [0.15, 0.2) is 47.7 Å². The second-order valence-electron chi connectivity index (χ2n) is 6.10. The first-order chi connectivity index (χ1) is 12.8. The molecule has 0 fully saturated rings. The largest absolute Gasteiger partial charge is 0.375 e. The van der Waals surface area contributed by atoms with E-state index in [1.807, 2.05) is 37.5 Å². The first kappa shape index (κ1) is 23.4. The van der Waals surface area contributed by atoms with Crippen molar-refractivity contribution in [1.29, 1.82) is 0 Å². The summed E-state index contributed by atoms with van der Waals surface area (Å²) in [5, 5.41) is 6.59. The van der Waals surface area contributed by atoms with Crippen LogP contribution in [0.25, 0.3) is 0 Å². The standard InChI is InChI=1S/C20H31N5O.HI/c1-3-21-20(23-11-7-8-14-25-15-12-22-18(25)2)24-13-16-26-17-19-9-5-4-6-10-19;/h4-6,9-10,12,15H,3,7-8,11,13-14,16-17H2,1-2H3,(H2,21,23,24);1H. The Balaban J connectivity index is 0.00000364. The van der Waals surface area contributed by atoms with Crippen molar-refractivity contribution in [3.05, 3.63) is 54.1 Å². The highest BCUT2D eigenvalue weighted by Crippen LogP contribution is 2.01. The van der Waals surface area contributed by atoms with Crippen molar-refractivity contribution in [2.75, 3.05) is 26.2 Å². The van der Waals surface area contributed by atoms with Crippen LogP contribution in [0.5, 0.6) is 0 Å². The number of imidazole rings is 1. The van der Waals surface area contributed by atoms with Gasteiger partial charge in [-0.15, -0.1) is 24.0 Å². The summed E-state index contributed by atoms with van der Waals surface area (Å²) in [7, 11) is 0. The van der Waals surface area contributed by atoms with Crippen LogP contribution in [0.4, 0.5) is 0 Å². The number of benzene rings is 1. The van der Waals surface area contributed by atoms with E-state index >= 15 is 0 Å². The molecule has 0 amide bonds. The van der Waals surface area contributed by atoms with Gasteiger partial charge >= 0.3 is 0 Å². The number of aliphatic imine (C=N–C) groups is 1. The lowest BCUT2D eigenvalue weighted by atomic mass is 10.2. The van der Waals surface area contributed by atoms with E-state index in [0.717, 1.165) is 50.8 Å². The van der Waals surface area contributed by atoms with Crippen LogP contribution in [0.1, 0.15) is 31.2 Å². The van der Waals surface area contributed by atoms with Gasteiger partial charge in [-0.05, 0) is 32.3 Å². The molecule has 1 aromatic heterocycles. The maximum atomic E-state index is 5.69. The Labute approximate surface area is 179 Å². The minimum atomic E-state index is 0. The van der Waals surface area contributed by atoms with Crippen LogP contribution in [0, 0.1) is 6.92 Å². The fourth-order valence-corrected chi connectivity index (χ4v) is 2.57. The molecular weight excluding hydrogens is 453 g/mol. The van der Waals surface area contributed by atoms with E-state index in [1.54, 1.807) is 0 Å². The van der Waals surface area contributed by atoms with Crippen molar-refractivity contribution in [2.24, 2.45) is 4.99 Å². The number of hydrogen-bond acceptors (Lipinski definition) is 3. The van der Waals surface area contributed by atoms with Gasteiger partial charge in [-0.2, -0.15) is 0 Å². The molecule has 2 aromatic rings. The molecule has 0 aliphatic rings. The van der Waals surface area contributed by atoms with Crippen LogP contribution in [0.2, 0.25) is 0 Å². The molecule has 0 bridgehead atoms. The molecule has 150 valence electrons. The number of ether oxygens (including phenoxy) is 1. The molecule has 0 aliphatic heterocycles. The Morgan fingerprint density at radius 2 is 2.00 bits per heavy atom. The number of nitrogens with zero attached hydrogens (tertiary/aromatic N) is 3. The number of guanidine groups is 1. The maximum Gasteiger partial charge on any atom is 0.191 e. The van der Waals surface area contributed by atoms with E-state index in [9.17, 15) is 0 Å². The third kappa shape index (κ3) is 9.76. The fourth-order valence-electron chi connectivity index (χ4n) is 2.57. The molecule has 2 N–H and O–H groups in total. The number of rotatable bonds is 11. The van der Waals surface area contributed by atoms with Crippen molar-refractivity contribution < 1.29 is 4.74 Å². The molecule has 0 spiro atoms. The molecule has 7 heteroatoms. The summed E-state index contributed by atoms with van der Waals surface area (Å²) in [6, 6.07) is 10.2. The van der Waals surface area contributed by atoms with Crippen molar-refractivity contribution in [3.8, 4) is 0 Å². The molecular formula is C20H32IN5O. The lowest BCUT2D eigenvalue weighted by molar-refractivity contribution is 0.125. The van der Waals surface area contributed by atoms with Crippen LogP contribution < -0.4 is 10.6 Å². The SMILES string of the molecule is CCNC(=NCCCCn1ccnc1C)NCCOCc1ccccc1.I. The van der Waals surface area contributed by atoms with Crippen molar-refractivity contribution in [2.45, 2.75) is 39.8 Å². The van der Waals surface area contributed by atoms with Gasteiger partial charge < -0.3 is 19.9 Å². The number of halogens is 1. The van der Waals surface area contributed by atoms with E-state index in [-0.39, 0.29) is 24.0 Å². The smallest absolute Gasteiger partial charge is 0.191 e. The number of aromatic nitrogens is 2. The topological polar surface area (TPSA) is 63.5 Å². The van der Waals surface area contributed by atoms with Gasteiger partial charge in [0.2, 0.25) is 0 Å². The van der Waals surface area contributed by atoms with E-state index < -0.39 is 0 Å². The number of hydrogen-bond donors (Lipinski definition) is 2.